The number of ether oxygens (including phenoxy) is 1. The Morgan fingerprint density at radius 3 is 2.61 bits per heavy atom. The Labute approximate surface area is 106 Å². The largest absolute Gasteiger partial charge is 0.452 e. The van der Waals surface area contributed by atoms with E-state index in [4.69, 9.17) is 9.26 Å². The fourth-order valence-electron chi connectivity index (χ4n) is 1.40. The molecule has 0 bridgehead atoms. The second-order valence-corrected chi connectivity index (χ2v) is 4.15. The van der Waals surface area contributed by atoms with Crippen molar-refractivity contribution in [2.24, 2.45) is 0 Å². The van der Waals surface area contributed by atoms with Crippen molar-refractivity contribution in [3.8, 4) is 0 Å². The predicted octanol–water partition coefficient (Wildman–Crippen LogP) is 1.36. The van der Waals surface area contributed by atoms with Crippen LogP contribution in [-0.4, -0.2) is 29.7 Å². The molecule has 6 heteroatoms. The lowest BCUT2D eigenvalue weighted by Gasteiger charge is -2.11. The molecule has 0 saturated carbocycles. The van der Waals surface area contributed by atoms with Gasteiger partial charge in [0.1, 0.15) is 11.3 Å². The van der Waals surface area contributed by atoms with Gasteiger partial charge in [-0.3, -0.25) is 4.79 Å². The molecule has 0 aromatic carbocycles. The highest BCUT2D eigenvalue weighted by Gasteiger charge is 2.20. The summed E-state index contributed by atoms with van der Waals surface area (Å²) < 4.78 is 9.76. The number of carbonyl (C=O) groups excluding carboxylic acids is 2. The fourth-order valence-corrected chi connectivity index (χ4v) is 1.40. The summed E-state index contributed by atoms with van der Waals surface area (Å²) in [5, 5.41) is 6.35. The number of aromatic nitrogens is 1. The number of rotatable bonds is 5. The summed E-state index contributed by atoms with van der Waals surface area (Å²) in [5.74, 6) is -0.519. The van der Waals surface area contributed by atoms with E-state index < -0.39 is 5.97 Å². The summed E-state index contributed by atoms with van der Waals surface area (Å²) >= 11 is 0. The maximum absolute atomic E-state index is 11.7. The van der Waals surface area contributed by atoms with Crippen molar-refractivity contribution < 1.29 is 18.8 Å². The van der Waals surface area contributed by atoms with E-state index in [1.54, 1.807) is 13.8 Å². The number of hydrogen-bond donors (Lipinski definition) is 1. The maximum atomic E-state index is 11.7. The summed E-state index contributed by atoms with van der Waals surface area (Å²) in [6.07, 6.45) is 0.823. The molecule has 1 aromatic heterocycles. The average molecular weight is 254 g/mol. The summed E-state index contributed by atoms with van der Waals surface area (Å²) in [6.45, 7) is 6.81. The molecule has 1 amide bonds. The second-order valence-electron chi connectivity index (χ2n) is 4.15. The zero-order valence-corrected chi connectivity index (χ0v) is 11.1. The first-order valence-electron chi connectivity index (χ1n) is 5.85. The highest BCUT2D eigenvalue weighted by atomic mass is 16.5. The van der Waals surface area contributed by atoms with Gasteiger partial charge in [-0.25, -0.2) is 4.79 Å². The molecule has 0 radical (unpaired) electrons. The molecule has 0 aliphatic carbocycles. The molecule has 100 valence electrons. The summed E-state index contributed by atoms with van der Waals surface area (Å²) in [7, 11) is 0. The van der Waals surface area contributed by atoms with Crippen molar-refractivity contribution in [2.45, 2.75) is 40.2 Å². The number of nitrogens with zero attached hydrogens (tertiary/aromatic N) is 1. The van der Waals surface area contributed by atoms with Gasteiger partial charge in [0.2, 0.25) is 0 Å². The smallest absolute Gasteiger partial charge is 0.344 e. The quantitative estimate of drug-likeness (QED) is 0.802. The van der Waals surface area contributed by atoms with Gasteiger partial charge in [0.25, 0.3) is 5.91 Å². The lowest BCUT2D eigenvalue weighted by molar-refractivity contribution is -0.124. The molecule has 0 saturated heterocycles. The molecule has 0 aliphatic rings. The number of aryl methyl sites for hydroxylation is 2. The molecule has 1 atom stereocenters. The van der Waals surface area contributed by atoms with Crippen molar-refractivity contribution in [1.29, 1.82) is 0 Å². The van der Waals surface area contributed by atoms with Crippen molar-refractivity contribution in [3.63, 3.8) is 0 Å². The van der Waals surface area contributed by atoms with Crippen LogP contribution in [0, 0.1) is 13.8 Å². The van der Waals surface area contributed by atoms with Crippen LogP contribution in [0.5, 0.6) is 0 Å². The molecule has 1 unspecified atom stereocenters. The van der Waals surface area contributed by atoms with E-state index in [1.807, 2.05) is 13.8 Å². The van der Waals surface area contributed by atoms with Crippen LogP contribution in [0.4, 0.5) is 0 Å². The van der Waals surface area contributed by atoms with Crippen LogP contribution in [-0.2, 0) is 9.53 Å². The first-order chi connectivity index (χ1) is 8.45. The molecule has 1 rings (SSSR count). The van der Waals surface area contributed by atoms with Crippen LogP contribution in [0.3, 0.4) is 0 Å². The van der Waals surface area contributed by atoms with Gasteiger partial charge in [0.15, 0.2) is 6.61 Å². The maximum Gasteiger partial charge on any atom is 0.344 e. The molecule has 1 N–H and O–H groups in total. The standard InChI is InChI=1S/C12H18N2O4/c1-5-7(2)13-10(15)6-17-12(16)11-8(3)14-18-9(11)4/h7H,5-6H2,1-4H3,(H,13,15). The summed E-state index contributed by atoms with van der Waals surface area (Å²) in [4.78, 5) is 23.1. The van der Waals surface area contributed by atoms with E-state index in [-0.39, 0.29) is 24.1 Å². The minimum atomic E-state index is -0.592. The third kappa shape index (κ3) is 3.58. The second kappa shape index (κ2) is 6.18. The molecule has 1 aromatic rings. The van der Waals surface area contributed by atoms with E-state index in [0.29, 0.717) is 11.5 Å². The average Bonchev–Trinajstić information content (AvgIpc) is 2.66. The highest BCUT2D eigenvalue weighted by molar-refractivity contribution is 5.93. The van der Waals surface area contributed by atoms with Gasteiger partial charge < -0.3 is 14.6 Å². The monoisotopic (exact) mass is 254 g/mol. The number of nitrogens with one attached hydrogen (secondary N) is 1. The molecule has 6 nitrogen and oxygen atoms in total. The zero-order chi connectivity index (χ0) is 13.7. The Hall–Kier alpha value is -1.85. The van der Waals surface area contributed by atoms with Crippen LogP contribution in [0.1, 0.15) is 42.1 Å². The summed E-state index contributed by atoms with van der Waals surface area (Å²) in [6, 6.07) is 0.0651. The Kier molecular flexibility index (Phi) is 4.88. The van der Waals surface area contributed by atoms with Crippen LogP contribution in [0.15, 0.2) is 4.52 Å². The number of esters is 1. The number of amides is 1. The van der Waals surface area contributed by atoms with E-state index in [0.717, 1.165) is 6.42 Å². The van der Waals surface area contributed by atoms with Gasteiger partial charge in [0, 0.05) is 6.04 Å². The van der Waals surface area contributed by atoms with E-state index in [9.17, 15) is 9.59 Å². The lowest BCUT2D eigenvalue weighted by atomic mass is 10.2. The van der Waals surface area contributed by atoms with Gasteiger partial charge >= 0.3 is 5.97 Å². The highest BCUT2D eigenvalue weighted by Crippen LogP contribution is 2.13. The Morgan fingerprint density at radius 1 is 1.44 bits per heavy atom. The Morgan fingerprint density at radius 2 is 2.11 bits per heavy atom. The van der Waals surface area contributed by atoms with Crippen LogP contribution >= 0.6 is 0 Å². The summed E-state index contributed by atoms with van der Waals surface area (Å²) in [5.41, 5.74) is 0.742. The van der Waals surface area contributed by atoms with Crippen LogP contribution in [0.2, 0.25) is 0 Å². The zero-order valence-electron chi connectivity index (χ0n) is 11.1. The normalized spacial score (nSPS) is 12.0. The minimum absolute atomic E-state index is 0.0651. The van der Waals surface area contributed by atoms with E-state index in [2.05, 4.69) is 10.5 Å². The third-order valence-electron chi connectivity index (χ3n) is 2.59. The van der Waals surface area contributed by atoms with Gasteiger partial charge in [0.05, 0.1) is 5.69 Å². The number of carbonyl (C=O) groups is 2. The van der Waals surface area contributed by atoms with Gasteiger partial charge in [-0.2, -0.15) is 0 Å². The van der Waals surface area contributed by atoms with Gasteiger partial charge in [-0.15, -0.1) is 0 Å². The van der Waals surface area contributed by atoms with Crippen LogP contribution < -0.4 is 5.32 Å². The molecule has 0 aliphatic heterocycles. The predicted molar refractivity (Wildman–Crippen MR) is 64.2 cm³/mol. The lowest BCUT2D eigenvalue weighted by Crippen LogP contribution is -2.35. The first kappa shape index (κ1) is 14.2. The minimum Gasteiger partial charge on any atom is -0.452 e. The van der Waals surface area contributed by atoms with E-state index >= 15 is 0 Å². The molecular formula is C12H18N2O4. The SMILES string of the molecule is CCC(C)NC(=O)COC(=O)c1c(C)noc1C. The molecule has 0 spiro atoms. The number of hydrogen-bond acceptors (Lipinski definition) is 5. The molecule has 18 heavy (non-hydrogen) atoms. The van der Waals surface area contributed by atoms with Crippen molar-refractivity contribution >= 4 is 11.9 Å². The van der Waals surface area contributed by atoms with Crippen molar-refractivity contribution in [1.82, 2.24) is 10.5 Å². The molecular weight excluding hydrogens is 236 g/mol. The fraction of sp³-hybridized carbons (Fsp3) is 0.583. The van der Waals surface area contributed by atoms with Crippen molar-refractivity contribution in [2.75, 3.05) is 6.61 Å². The van der Waals surface area contributed by atoms with Gasteiger partial charge in [-0.1, -0.05) is 12.1 Å². The van der Waals surface area contributed by atoms with Crippen molar-refractivity contribution in [3.05, 3.63) is 17.0 Å². The Bertz CT molecular complexity index is 420. The first-order valence-corrected chi connectivity index (χ1v) is 5.85. The van der Waals surface area contributed by atoms with E-state index in [1.165, 1.54) is 0 Å². The third-order valence-corrected chi connectivity index (χ3v) is 2.59. The Balaban J connectivity index is 2.50. The van der Waals surface area contributed by atoms with Gasteiger partial charge in [-0.05, 0) is 27.2 Å². The van der Waals surface area contributed by atoms with Crippen LogP contribution in [0.25, 0.3) is 0 Å². The molecule has 0 fully saturated rings. The topological polar surface area (TPSA) is 81.4 Å². The molecule has 1 heterocycles.